The summed E-state index contributed by atoms with van der Waals surface area (Å²) in [5.74, 6) is -0.184. The molecule has 0 aliphatic heterocycles. The highest BCUT2D eigenvalue weighted by molar-refractivity contribution is 6.31. The third-order valence-corrected chi connectivity index (χ3v) is 3.05. The van der Waals surface area contributed by atoms with Crippen LogP contribution in [0.15, 0.2) is 48.5 Å². The molecule has 4 nitrogen and oxygen atoms in total. The van der Waals surface area contributed by atoms with E-state index >= 15 is 0 Å². The average Bonchev–Trinajstić information content (AvgIpc) is 2.48. The minimum absolute atomic E-state index is 0.162. The lowest BCUT2D eigenvalue weighted by Crippen LogP contribution is -2.15. The van der Waals surface area contributed by atoms with E-state index in [0.717, 1.165) is 5.56 Å². The van der Waals surface area contributed by atoms with Crippen molar-refractivity contribution in [3.05, 3.63) is 64.7 Å². The smallest absolute Gasteiger partial charge is 0.411 e. The number of amides is 1. The summed E-state index contributed by atoms with van der Waals surface area (Å²) >= 11 is 5.84. The lowest BCUT2D eigenvalue weighted by molar-refractivity contribution is 0.101. The van der Waals surface area contributed by atoms with Crippen LogP contribution in [0.2, 0.25) is 5.02 Å². The number of ether oxygens (including phenoxy) is 1. The molecule has 0 aliphatic carbocycles. The van der Waals surface area contributed by atoms with Gasteiger partial charge in [-0.3, -0.25) is 10.1 Å². The van der Waals surface area contributed by atoms with E-state index in [1.165, 1.54) is 13.0 Å². The Morgan fingerprint density at radius 3 is 2.52 bits per heavy atom. The third-order valence-electron chi connectivity index (χ3n) is 2.81. The van der Waals surface area contributed by atoms with E-state index in [-0.39, 0.29) is 12.4 Å². The number of halogens is 1. The zero-order chi connectivity index (χ0) is 15.2. The Kier molecular flexibility index (Phi) is 4.95. The van der Waals surface area contributed by atoms with Crippen molar-refractivity contribution in [2.45, 2.75) is 13.5 Å². The highest BCUT2D eigenvalue weighted by Gasteiger charge is 2.11. The number of anilines is 1. The molecule has 5 heteroatoms. The minimum atomic E-state index is -0.622. The van der Waals surface area contributed by atoms with E-state index in [1.807, 2.05) is 30.3 Å². The molecule has 108 valence electrons. The Labute approximate surface area is 127 Å². The molecular weight excluding hydrogens is 290 g/mol. The van der Waals surface area contributed by atoms with Gasteiger partial charge < -0.3 is 4.74 Å². The monoisotopic (exact) mass is 303 g/mol. The van der Waals surface area contributed by atoms with Gasteiger partial charge in [0, 0.05) is 10.6 Å². The maximum atomic E-state index is 11.8. The van der Waals surface area contributed by atoms with Gasteiger partial charge in [0.1, 0.15) is 6.61 Å². The van der Waals surface area contributed by atoms with E-state index in [9.17, 15) is 9.59 Å². The molecule has 2 aromatic carbocycles. The second kappa shape index (κ2) is 6.90. The van der Waals surface area contributed by atoms with Gasteiger partial charge in [0.05, 0.1) is 5.69 Å². The van der Waals surface area contributed by atoms with Crippen LogP contribution in [0.4, 0.5) is 10.5 Å². The molecule has 2 aromatic rings. The largest absolute Gasteiger partial charge is 0.444 e. The van der Waals surface area contributed by atoms with E-state index in [0.29, 0.717) is 16.3 Å². The summed E-state index contributed by atoms with van der Waals surface area (Å²) < 4.78 is 5.10. The molecule has 0 heterocycles. The molecule has 0 saturated heterocycles. The first-order valence-corrected chi connectivity index (χ1v) is 6.72. The summed E-state index contributed by atoms with van der Waals surface area (Å²) in [6.07, 6.45) is -0.622. The second-order valence-electron chi connectivity index (χ2n) is 4.43. The van der Waals surface area contributed by atoms with Gasteiger partial charge in [0.15, 0.2) is 5.78 Å². The molecule has 0 aromatic heterocycles. The van der Waals surface area contributed by atoms with Crippen molar-refractivity contribution < 1.29 is 14.3 Å². The molecule has 1 amide bonds. The van der Waals surface area contributed by atoms with Crippen LogP contribution in [-0.2, 0) is 11.3 Å². The van der Waals surface area contributed by atoms with Crippen LogP contribution in [-0.4, -0.2) is 11.9 Å². The normalized spacial score (nSPS) is 10.0. The van der Waals surface area contributed by atoms with Crippen LogP contribution in [0, 0.1) is 0 Å². The first-order chi connectivity index (χ1) is 10.1. The van der Waals surface area contributed by atoms with Crippen molar-refractivity contribution in [3.8, 4) is 0 Å². The summed E-state index contributed by atoms with van der Waals surface area (Å²) in [7, 11) is 0. The Hall–Kier alpha value is -2.33. The van der Waals surface area contributed by atoms with Crippen molar-refractivity contribution in [2.75, 3.05) is 5.32 Å². The summed E-state index contributed by atoms with van der Waals surface area (Å²) in [6.45, 7) is 1.57. The fraction of sp³-hybridized carbons (Fsp3) is 0.125. The summed E-state index contributed by atoms with van der Waals surface area (Å²) in [6, 6.07) is 14.0. The predicted octanol–water partition coefficient (Wildman–Crippen LogP) is 4.29. The highest BCUT2D eigenvalue weighted by Crippen LogP contribution is 2.21. The van der Waals surface area contributed by atoms with Gasteiger partial charge in [-0.15, -0.1) is 0 Å². The third kappa shape index (κ3) is 4.33. The van der Waals surface area contributed by atoms with E-state index < -0.39 is 6.09 Å². The topological polar surface area (TPSA) is 55.4 Å². The number of Topliss-reactive ketones (excluding diaryl/α,β-unsaturated/α-hetero) is 1. The quantitative estimate of drug-likeness (QED) is 0.857. The number of rotatable bonds is 4. The van der Waals surface area contributed by atoms with Crippen molar-refractivity contribution in [1.29, 1.82) is 0 Å². The molecule has 0 bridgehead atoms. The van der Waals surface area contributed by atoms with Crippen LogP contribution in [0.5, 0.6) is 0 Å². The fourth-order valence-corrected chi connectivity index (χ4v) is 1.96. The number of carbonyl (C=O) groups is 2. The minimum Gasteiger partial charge on any atom is -0.444 e. The van der Waals surface area contributed by atoms with E-state index in [4.69, 9.17) is 16.3 Å². The van der Waals surface area contributed by atoms with Crippen LogP contribution >= 0.6 is 11.6 Å². The van der Waals surface area contributed by atoms with Gasteiger partial charge in [0.25, 0.3) is 0 Å². The van der Waals surface area contributed by atoms with Gasteiger partial charge in [-0.05, 0) is 30.7 Å². The lowest BCUT2D eigenvalue weighted by Gasteiger charge is -2.10. The highest BCUT2D eigenvalue weighted by atomic mass is 35.5. The first kappa shape index (κ1) is 15.1. The van der Waals surface area contributed by atoms with Crippen LogP contribution in [0.3, 0.4) is 0 Å². The molecule has 2 rings (SSSR count). The summed E-state index contributed by atoms with van der Waals surface area (Å²) in [5, 5.41) is 2.98. The van der Waals surface area contributed by atoms with Crippen LogP contribution in [0.1, 0.15) is 22.8 Å². The molecule has 0 atom stereocenters. The number of ketones is 1. The zero-order valence-electron chi connectivity index (χ0n) is 11.4. The lowest BCUT2D eigenvalue weighted by atomic mass is 10.1. The van der Waals surface area contributed by atoms with Gasteiger partial charge in [0.2, 0.25) is 0 Å². The van der Waals surface area contributed by atoms with Gasteiger partial charge >= 0.3 is 6.09 Å². The molecule has 0 aliphatic rings. The van der Waals surface area contributed by atoms with Crippen LogP contribution in [0.25, 0.3) is 0 Å². The van der Waals surface area contributed by atoms with Crippen molar-refractivity contribution in [1.82, 2.24) is 0 Å². The molecule has 0 saturated carbocycles. The molecule has 21 heavy (non-hydrogen) atoms. The van der Waals surface area contributed by atoms with Crippen molar-refractivity contribution >= 4 is 29.2 Å². The molecule has 0 fully saturated rings. The standard InChI is InChI=1S/C16H14ClNO3/c1-11(19)14-9-13(17)7-8-15(14)18-16(20)21-10-12-5-3-2-4-6-12/h2-9H,10H2,1H3,(H,18,20). The fourth-order valence-electron chi connectivity index (χ4n) is 1.79. The van der Waals surface area contributed by atoms with E-state index in [1.54, 1.807) is 12.1 Å². The maximum Gasteiger partial charge on any atom is 0.411 e. The number of hydrogen-bond donors (Lipinski definition) is 1. The SMILES string of the molecule is CC(=O)c1cc(Cl)ccc1NC(=O)OCc1ccccc1. The predicted molar refractivity (Wildman–Crippen MR) is 81.7 cm³/mol. The molecular formula is C16H14ClNO3. The number of carbonyl (C=O) groups excluding carboxylic acids is 2. The Balaban J connectivity index is 2.01. The number of nitrogens with one attached hydrogen (secondary N) is 1. The van der Waals surface area contributed by atoms with Gasteiger partial charge in [-0.2, -0.15) is 0 Å². The van der Waals surface area contributed by atoms with Gasteiger partial charge in [-0.1, -0.05) is 41.9 Å². The van der Waals surface area contributed by atoms with Crippen molar-refractivity contribution in [2.24, 2.45) is 0 Å². The number of hydrogen-bond acceptors (Lipinski definition) is 3. The summed E-state index contributed by atoms with van der Waals surface area (Å²) in [4.78, 5) is 23.3. The first-order valence-electron chi connectivity index (χ1n) is 6.34. The Morgan fingerprint density at radius 1 is 1.14 bits per heavy atom. The maximum absolute atomic E-state index is 11.8. The number of benzene rings is 2. The molecule has 1 N–H and O–H groups in total. The average molecular weight is 304 g/mol. The molecule has 0 radical (unpaired) electrons. The van der Waals surface area contributed by atoms with Gasteiger partial charge in [-0.25, -0.2) is 4.79 Å². The molecule has 0 spiro atoms. The van der Waals surface area contributed by atoms with Crippen molar-refractivity contribution in [3.63, 3.8) is 0 Å². The Bertz CT molecular complexity index is 656. The second-order valence-corrected chi connectivity index (χ2v) is 4.87. The molecule has 0 unspecified atom stereocenters. The summed E-state index contributed by atoms with van der Waals surface area (Å²) in [5.41, 5.74) is 1.61. The van der Waals surface area contributed by atoms with E-state index in [2.05, 4.69) is 5.32 Å². The Morgan fingerprint density at radius 2 is 1.86 bits per heavy atom. The zero-order valence-corrected chi connectivity index (χ0v) is 12.2. The van der Waals surface area contributed by atoms with Crippen LogP contribution < -0.4 is 5.32 Å².